The highest BCUT2D eigenvalue weighted by atomic mass is 16.5. The number of carbonyl (C=O) groups is 1. The Morgan fingerprint density at radius 3 is 2.50 bits per heavy atom. The molecule has 0 bridgehead atoms. The summed E-state index contributed by atoms with van der Waals surface area (Å²) < 4.78 is 4.93. The largest absolute Gasteiger partial charge is 0.481 e. The van der Waals surface area contributed by atoms with Gasteiger partial charge in [-0.2, -0.15) is 0 Å². The number of rotatable bonds is 8. The van der Waals surface area contributed by atoms with E-state index < -0.39 is 5.97 Å². The van der Waals surface area contributed by atoms with Gasteiger partial charge in [0.25, 0.3) is 0 Å². The van der Waals surface area contributed by atoms with Crippen LogP contribution in [0.1, 0.15) is 12.2 Å². The van der Waals surface area contributed by atoms with E-state index >= 15 is 0 Å². The minimum atomic E-state index is -0.841. The third-order valence-electron chi connectivity index (χ3n) is 2.10. The van der Waals surface area contributed by atoms with E-state index in [1.165, 1.54) is 0 Å². The first-order valence-electron chi connectivity index (χ1n) is 5.66. The van der Waals surface area contributed by atoms with E-state index in [0.717, 1.165) is 0 Å². The van der Waals surface area contributed by atoms with Crippen molar-refractivity contribution in [3.8, 4) is 0 Å². The number of ether oxygens (including phenoxy) is 1. The highest BCUT2D eigenvalue weighted by molar-refractivity contribution is 5.67. The normalized spacial score (nSPS) is 10.1. The van der Waals surface area contributed by atoms with Crippen molar-refractivity contribution < 1.29 is 14.6 Å². The highest BCUT2D eigenvalue weighted by Gasteiger charge is 2.02. The van der Waals surface area contributed by atoms with Crippen molar-refractivity contribution in [1.82, 2.24) is 9.97 Å². The Morgan fingerprint density at radius 2 is 1.94 bits per heavy atom. The summed E-state index contributed by atoms with van der Waals surface area (Å²) in [5.41, 5.74) is 0. The van der Waals surface area contributed by atoms with Gasteiger partial charge in [-0.15, -0.1) is 0 Å². The number of methoxy groups -OCH3 is 1. The second-order valence-electron chi connectivity index (χ2n) is 3.68. The molecule has 0 aliphatic rings. The van der Waals surface area contributed by atoms with E-state index in [-0.39, 0.29) is 6.42 Å². The molecule has 0 amide bonds. The van der Waals surface area contributed by atoms with Crippen LogP contribution in [0.4, 0.5) is 11.6 Å². The van der Waals surface area contributed by atoms with Crippen molar-refractivity contribution in [2.45, 2.75) is 13.3 Å². The second kappa shape index (κ2) is 7.44. The van der Waals surface area contributed by atoms with E-state index in [1.54, 1.807) is 20.1 Å². The Kier molecular flexibility index (Phi) is 5.86. The molecule has 1 heterocycles. The van der Waals surface area contributed by atoms with Crippen LogP contribution in [0.25, 0.3) is 0 Å². The van der Waals surface area contributed by atoms with Gasteiger partial charge in [0.1, 0.15) is 17.5 Å². The lowest BCUT2D eigenvalue weighted by atomic mass is 10.4. The van der Waals surface area contributed by atoms with Crippen molar-refractivity contribution in [2.24, 2.45) is 0 Å². The summed E-state index contributed by atoms with van der Waals surface area (Å²) >= 11 is 0. The van der Waals surface area contributed by atoms with Gasteiger partial charge in [-0.25, -0.2) is 9.97 Å². The molecule has 1 aromatic rings. The zero-order valence-corrected chi connectivity index (χ0v) is 10.6. The fraction of sp³-hybridized carbons (Fsp3) is 0.545. The molecule has 3 N–H and O–H groups in total. The summed E-state index contributed by atoms with van der Waals surface area (Å²) in [5, 5.41) is 14.6. The number of nitrogens with one attached hydrogen (secondary N) is 2. The Hall–Kier alpha value is -1.89. The van der Waals surface area contributed by atoms with Crippen LogP contribution >= 0.6 is 0 Å². The number of hydrogen-bond donors (Lipinski definition) is 3. The van der Waals surface area contributed by atoms with Crippen molar-refractivity contribution in [3.05, 3.63) is 11.9 Å². The molecule has 0 atom stereocenters. The summed E-state index contributed by atoms with van der Waals surface area (Å²) in [4.78, 5) is 18.8. The van der Waals surface area contributed by atoms with Gasteiger partial charge in [0, 0.05) is 26.3 Å². The molecule has 100 valence electrons. The van der Waals surface area contributed by atoms with E-state index in [0.29, 0.717) is 37.2 Å². The Morgan fingerprint density at radius 1 is 1.33 bits per heavy atom. The molecule has 0 aliphatic carbocycles. The van der Waals surface area contributed by atoms with Gasteiger partial charge >= 0.3 is 5.97 Å². The predicted molar refractivity (Wildman–Crippen MR) is 67.9 cm³/mol. The SMILES string of the molecule is COCCNc1cc(NCCC(=O)O)nc(C)n1. The quantitative estimate of drug-likeness (QED) is 0.588. The maximum Gasteiger partial charge on any atom is 0.305 e. The number of hydrogen-bond acceptors (Lipinski definition) is 6. The second-order valence-corrected chi connectivity index (χ2v) is 3.68. The van der Waals surface area contributed by atoms with Crippen LogP contribution in [0.3, 0.4) is 0 Å². The van der Waals surface area contributed by atoms with E-state index in [2.05, 4.69) is 20.6 Å². The van der Waals surface area contributed by atoms with Gasteiger partial charge < -0.3 is 20.5 Å². The van der Waals surface area contributed by atoms with E-state index in [1.807, 2.05) is 0 Å². The maximum absolute atomic E-state index is 10.4. The van der Waals surface area contributed by atoms with Crippen LogP contribution in [0.15, 0.2) is 6.07 Å². The molecule has 0 unspecified atom stereocenters. The molecular weight excluding hydrogens is 236 g/mol. The number of carboxylic acids is 1. The Labute approximate surface area is 106 Å². The molecule has 0 aromatic carbocycles. The van der Waals surface area contributed by atoms with Crippen molar-refractivity contribution >= 4 is 17.6 Å². The lowest BCUT2D eigenvalue weighted by Gasteiger charge is -2.09. The fourth-order valence-corrected chi connectivity index (χ4v) is 1.33. The van der Waals surface area contributed by atoms with Crippen LogP contribution in [0.5, 0.6) is 0 Å². The van der Waals surface area contributed by atoms with Gasteiger partial charge in [-0.3, -0.25) is 4.79 Å². The average Bonchev–Trinajstić information content (AvgIpc) is 2.28. The zero-order valence-electron chi connectivity index (χ0n) is 10.6. The number of aliphatic carboxylic acids is 1. The van der Waals surface area contributed by atoms with Crippen LogP contribution in [-0.2, 0) is 9.53 Å². The number of anilines is 2. The lowest BCUT2D eigenvalue weighted by molar-refractivity contribution is -0.136. The molecule has 1 aromatic heterocycles. The summed E-state index contributed by atoms with van der Waals surface area (Å²) in [6.45, 7) is 3.36. The molecule has 0 spiro atoms. The molecule has 7 heteroatoms. The summed E-state index contributed by atoms with van der Waals surface area (Å²) in [6, 6.07) is 1.74. The molecule has 7 nitrogen and oxygen atoms in total. The zero-order chi connectivity index (χ0) is 13.4. The molecular formula is C11H18N4O3. The standard InChI is InChI=1S/C11H18N4O3/c1-8-14-9(12-4-3-11(16)17)7-10(15-8)13-5-6-18-2/h7H,3-6H2,1-2H3,(H,16,17)(H2,12,13,14,15). The number of aromatic nitrogens is 2. The van der Waals surface area contributed by atoms with Crippen molar-refractivity contribution in [2.75, 3.05) is 37.4 Å². The van der Waals surface area contributed by atoms with Gasteiger partial charge in [-0.1, -0.05) is 0 Å². The van der Waals surface area contributed by atoms with E-state index in [4.69, 9.17) is 9.84 Å². The number of carboxylic acid groups (broad SMARTS) is 1. The minimum absolute atomic E-state index is 0.0511. The van der Waals surface area contributed by atoms with Crippen LogP contribution < -0.4 is 10.6 Å². The maximum atomic E-state index is 10.4. The third-order valence-corrected chi connectivity index (χ3v) is 2.10. The lowest BCUT2D eigenvalue weighted by Crippen LogP contribution is -2.12. The first-order chi connectivity index (χ1) is 8.61. The Balaban J connectivity index is 2.54. The highest BCUT2D eigenvalue weighted by Crippen LogP contribution is 2.10. The average molecular weight is 254 g/mol. The van der Waals surface area contributed by atoms with Crippen LogP contribution in [0.2, 0.25) is 0 Å². The number of nitrogens with zero attached hydrogens (tertiary/aromatic N) is 2. The molecule has 18 heavy (non-hydrogen) atoms. The summed E-state index contributed by atoms with van der Waals surface area (Å²) in [7, 11) is 1.63. The molecule has 0 saturated carbocycles. The molecule has 0 fully saturated rings. The molecule has 0 saturated heterocycles. The first-order valence-corrected chi connectivity index (χ1v) is 5.66. The topological polar surface area (TPSA) is 96.4 Å². The van der Waals surface area contributed by atoms with E-state index in [9.17, 15) is 4.79 Å². The van der Waals surface area contributed by atoms with Gasteiger partial charge in [0.15, 0.2) is 0 Å². The predicted octanol–water partition coefficient (Wildman–Crippen LogP) is 0.730. The van der Waals surface area contributed by atoms with Gasteiger partial charge in [-0.05, 0) is 6.92 Å². The molecule has 0 aliphatic heterocycles. The summed E-state index contributed by atoms with van der Waals surface area (Å²) in [6.07, 6.45) is 0.0511. The number of aryl methyl sites for hydroxylation is 1. The smallest absolute Gasteiger partial charge is 0.305 e. The monoisotopic (exact) mass is 254 g/mol. The van der Waals surface area contributed by atoms with Gasteiger partial charge in [0.2, 0.25) is 0 Å². The first kappa shape index (κ1) is 14.2. The Bertz CT molecular complexity index is 398. The van der Waals surface area contributed by atoms with Crippen LogP contribution in [-0.4, -0.2) is 47.8 Å². The minimum Gasteiger partial charge on any atom is -0.481 e. The van der Waals surface area contributed by atoms with Gasteiger partial charge in [0.05, 0.1) is 13.0 Å². The fourth-order valence-electron chi connectivity index (χ4n) is 1.33. The van der Waals surface area contributed by atoms with Crippen molar-refractivity contribution in [3.63, 3.8) is 0 Å². The summed E-state index contributed by atoms with van der Waals surface area (Å²) in [5.74, 6) is 1.09. The van der Waals surface area contributed by atoms with Crippen LogP contribution in [0, 0.1) is 6.92 Å². The molecule has 1 rings (SSSR count). The molecule has 0 radical (unpaired) electrons. The third kappa shape index (κ3) is 5.44. The van der Waals surface area contributed by atoms with Crippen molar-refractivity contribution in [1.29, 1.82) is 0 Å².